The number of hydrogen-bond donors (Lipinski definition) is 0. The Balaban J connectivity index is 2.10. The van der Waals surface area contributed by atoms with Gasteiger partial charge in [-0.3, -0.25) is 0 Å². The third-order valence-electron chi connectivity index (χ3n) is 2.12. The molecule has 0 fully saturated rings. The third kappa shape index (κ3) is 3.13. The maximum Gasteiger partial charge on any atom is 0.353 e. The van der Waals surface area contributed by atoms with Gasteiger partial charge >= 0.3 is 5.97 Å². The molecule has 0 spiro atoms. The number of halogens is 2. The van der Waals surface area contributed by atoms with Crippen molar-refractivity contribution in [3.63, 3.8) is 0 Å². The normalized spacial score (nSPS) is 10.2. The van der Waals surface area contributed by atoms with E-state index < -0.39 is 0 Å². The summed E-state index contributed by atoms with van der Waals surface area (Å²) in [5.41, 5.74) is 0. The number of esters is 1. The molecule has 2 aromatic rings. The molecule has 6 heteroatoms. The first-order chi connectivity index (χ1) is 8.60. The molecule has 0 aliphatic rings. The standard InChI is InChI=1S/C12H8Br2O3S/c1-16-7-2-4-8(5-3-7)17-12(15)10-6-9(13)11(14)18-10/h2-6H,1H3. The molecule has 0 unspecified atom stereocenters. The molecule has 94 valence electrons. The molecule has 1 aromatic carbocycles. The fourth-order valence-corrected chi connectivity index (χ4v) is 3.16. The minimum Gasteiger partial charge on any atom is -0.497 e. The van der Waals surface area contributed by atoms with Crippen LogP contribution in [-0.2, 0) is 0 Å². The van der Waals surface area contributed by atoms with Crippen LogP contribution >= 0.6 is 43.2 Å². The molecule has 3 nitrogen and oxygen atoms in total. The Bertz CT molecular complexity index is 544. The highest BCUT2D eigenvalue weighted by Crippen LogP contribution is 2.33. The van der Waals surface area contributed by atoms with Gasteiger partial charge in [-0.05, 0) is 62.2 Å². The van der Waals surface area contributed by atoms with E-state index in [1.54, 1.807) is 37.4 Å². The Hall–Kier alpha value is -0.850. The molecule has 0 saturated heterocycles. The lowest BCUT2D eigenvalue weighted by Crippen LogP contribution is -2.06. The molecule has 0 amide bonds. The number of carbonyl (C=O) groups excluding carboxylic acids is 1. The van der Waals surface area contributed by atoms with Crippen molar-refractivity contribution in [2.75, 3.05) is 7.11 Å². The van der Waals surface area contributed by atoms with Crippen LogP contribution in [0.15, 0.2) is 38.6 Å². The van der Waals surface area contributed by atoms with Crippen LogP contribution in [0.5, 0.6) is 11.5 Å². The van der Waals surface area contributed by atoms with Crippen LogP contribution in [-0.4, -0.2) is 13.1 Å². The summed E-state index contributed by atoms with van der Waals surface area (Å²) < 4.78 is 12.0. The maximum absolute atomic E-state index is 11.8. The van der Waals surface area contributed by atoms with Crippen molar-refractivity contribution in [2.45, 2.75) is 0 Å². The number of hydrogen-bond acceptors (Lipinski definition) is 4. The van der Waals surface area contributed by atoms with Crippen LogP contribution in [0.1, 0.15) is 9.67 Å². The number of benzene rings is 1. The molecule has 0 N–H and O–H groups in total. The van der Waals surface area contributed by atoms with E-state index in [4.69, 9.17) is 9.47 Å². The van der Waals surface area contributed by atoms with Gasteiger partial charge in [0.1, 0.15) is 16.4 Å². The van der Waals surface area contributed by atoms with Gasteiger partial charge in [0.2, 0.25) is 0 Å². The predicted molar refractivity (Wildman–Crippen MR) is 77.7 cm³/mol. The third-order valence-corrected chi connectivity index (χ3v) is 5.35. The van der Waals surface area contributed by atoms with E-state index in [-0.39, 0.29) is 5.97 Å². The summed E-state index contributed by atoms with van der Waals surface area (Å²) in [6, 6.07) is 8.58. The first-order valence-electron chi connectivity index (χ1n) is 4.91. The van der Waals surface area contributed by atoms with Gasteiger partial charge in [0.15, 0.2) is 0 Å². The zero-order chi connectivity index (χ0) is 13.1. The highest BCUT2D eigenvalue weighted by atomic mass is 79.9. The van der Waals surface area contributed by atoms with Crippen LogP contribution in [0.2, 0.25) is 0 Å². The quantitative estimate of drug-likeness (QED) is 0.570. The smallest absolute Gasteiger partial charge is 0.353 e. The zero-order valence-corrected chi connectivity index (χ0v) is 13.3. The minimum atomic E-state index is -0.378. The molecule has 0 aliphatic carbocycles. The molecule has 2 rings (SSSR count). The van der Waals surface area contributed by atoms with Crippen LogP contribution in [0.3, 0.4) is 0 Å². The largest absolute Gasteiger partial charge is 0.497 e. The molecular formula is C12H8Br2O3S. The first-order valence-corrected chi connectivity index (χ1v) is 7.31. The summed E-state index contributed by atoms with van der Waals surface area (Å²) in [4.78, 5) is 12.4. The van der Waals surface area contributed by atoms with Gasteiger partial charge in [0.25, 0.3) is 0 Å². The van der Waals surface area contributed by atoms with Crippen molar-refractivity contribution in [2.24, 2.45) is 0 Å². The van der Waals surface area contributed by atoms with Crippen molar-refractivity contribution >= 4 is 49.2 Å². The first kappa shape index (κ1) is 13.6. The maximum atomic E-state index is 11.8. The Morgan fingerprint density at radius 2 is 1.78 bits per heavy atom. The van der Waals surface area contributed by atoms with Crippen LogP contribution in [0.4, 0.5) is 0 Å². The summed E-state index contributed by atoms with van der Waals surface area (Å²) in [6.45, 7) is 0. The van der Waals surface area contributed by atoms with E-state index in [1.165, 1.54) is 11.3 Å². The van der Waals surface area contributed by atoms with E-state index in [2.05, 4.69) is 31.9 Å². The Morgan fingerprint density at radius 3 is 2.28 bits per heavy atom. The van der Waals surface area contributed by atoms with Gasteiger partial charge in [-0.25, -0.2) is 4.79 Å². The average Bonchev–Trinajstić information content (AvgIpc) is 2.71. The van der Waals surface area contributed by atoms with E-state index in [9.17, 15) is 4.79 Å². The number of methoxy groups -OCH3 is 1. The Kier molecular flexibility index (Phi) is 4.42. The van der Waals surface area contributed by atoms with Crippen LogP contribution < -0.4 is 9.47 Å². The van der Waals surface area contributed by atoms with Crippen molar-refractivity contribution in [1.82, 2.24) is 0 Å². The summed E-state index contributed by atoms with van der Waals surface area (Å²) in [5.74, 6) is 0.828. The molecule has 1 heterocycles. The lowest BCUT2D eigenvalue weighted by molar-refractivity contribution is 0.0739. The second kappa shape index (κ2) is 5.86. The molecule has 18 heavy (non-hydrogen) atoms. The predicted octanol–water partition coefficient (Wildman–Crippen LogP) is 4.50. The highest BCUT2D eigenvalue weighted by molar-refractivity contribution is 9.13. The second-order valence-corrected chi connectivity index (χ2v) is 6.52. The van der Waals surface area contributed by atoms with Crippen LogP contribution in [0.25, 0.3) is 0 Å². The molecule has 0 aliphatic heterocycles. The summed E-state index contributed by atoms with van der Waals surface area (Å²) in [7, 11) is 1.59. The van der Waals surface area contributed by atoms with Gasteiger partial charge in [-0.1, -0.05) is 0 Å². The lowest BCUT2D eigenvalue weighted by Gasteiger charge is -2.03. The number of rotatable bonds is 3. The van der Waals surface area contributed by atoms with Crippen molar-refractivity contribution in [1.29, 1.82) is 0 Å². The molecule has 0 bridgehead atoms. The molecule has 0 radical (unpaired) electrons. The summed E-state index contributed by atoms with van der Waals surface area (Å²) in [6.07, 6.45) is 0. The summed E-state index contributed by atoms with van der Waals surface area (Å²) >= 11 is 7.98. The highest BCUT2D eigenvalue weighted by Gasteiger charge is 2.14. The Labute approximate surface area is 125 Å². The zero-order valence-electron chi connectivity index (χ0n) is 9.28. The van der Waals surface area contributed by atoms with E-state index >= 15 is 0 Å². The molecular weight excluding hydrogens is 384 g/mol. The van der Waals surface area contributed by atoms with E-state index in [0.717, 1.165) is 14.0 Å². The average molecular weight is 392 g/mol. The monoisotopic (exact) mass is 390 g/mol. The van der Waals surface area contributed by atoms with Gasteiger partial charge in [0.05, 0.1) is 10.9 Å². The van der Waals surface area contributed by atoms with Gasteiger partial charge < -0.3 is 9.47 Å². The van der Waals surface area contributed by atoms with E-state index in [1.807, 2.05) is 0 Å². The molecule has 0 atom stereocenters. The van der Waals surface area contributed by atoms with Crippen molar-refractivity contribution < 1.29 is 14.3 Å². The van der Waals surface area contributed by atoms with Crippen molar-refractivity contribution in [3.8, 4) is 11.5 Å². The van der Waals surface area contributed by atoms with Crippen LogP contribution in [0, 0.1) is 0 Å². The number of thiophene rings is 1. The SMILES string of the molecule is COc1ccc(OC(=O)c2cc(Br)c(Br)s2)cc1. The second-order valence-electron chi connectivity index (χ2n) is 3.30. The number of ether oxygens (including phenoxy) is 2. The fraction of sp³-hybridized carbons (Fsp3) is 0.0833. The summed E-state index contributed by atoms with van der Waals surface area (Å²) in [5, 5.41) is 0. The van der Waals surface area contributed by atoms with E-state index in [0.29, 0.717) is 10.6 Å². The van der Waals surface area contributed by atoms with Gasteiger partial charge in [-0.2, -0.15) is 0 Å². The molecule has 0 saturated carbocycles. The fourth-order valence-electron chi connectivity index (χ4n) is 1.25. The molecule has 1 aromatic heterocycles. The topological polar surface area (TPSA) is 35.5 Å². The van der Waals surface area contributed by atoms with Gasteiger partial charge in [-0.15, -0.1) is 11.3 Å². The minimum absolute atomic E-state index is 0.378. The van der Waals surface area contributed by atoms with Crippen molar-refractivity contribution in [3.05, 3.63) is 43.5 Å². The Morgan fingerprint density at radius 1 is 1.17 bits per heavy atom. The van der Waals surface area contributed by atoms with Gasteiger partial charge in [0, 0.05) is 4.47 Å². The number of carbonyl (C=O) groups is 1. The lowest BCUT2D eigenvalue weighted by atomic mass is 10.3.